The van der Waals surface area contributed by atoms with Gasteiger partial charge in [0.05, 0.1) is 5.69 Å². The van der Waals surface area contributed by atoms with E-state index in [-0.39, 0.29) is 5.75 Å². The highest BCUT2D eigenvalue weighted by Crippen LogP contribution is 2.31. The molecular weight excluding hydrogens is 224 g/mol. The number of hydrogen-bond acceptors (Lipinski definition) is 2. The summed E-state index contributed by atoms with van der Waals surface area (Å²) in [4.78, 5) is 3.30. The van der Waals surface area contributed by atoms with Crippen LogP contribution in [0.15, 0.2) is 48.5 Å². The van der Waals surface area contributed by atoms with Gasteiger partial charge in [-0.2, -0.15) is 0 Å². The Bertz CT molecular complexity index is 668. The number of aromatic amines is 1. The molecule has 4 N–H and O–H groups in total. The summed E-state index contributed by atoms with van der Waals surface area (Å²) >= 11 is 0. The Labute approximate surface area is 105 Å². The highest BCUT2D eigenvalue weighted by molar-refractivity contribution is 5.87. The van der Waals surface area contributed by atoms with E-state index >= 15 is 0 Å². The molecule has 0 saturated carbocycles. The van der Waals surface area contributed by atoms with Crippen LogP contribution in [0.4, 0.5) is 0 Å². The van der Waals surface area contributed by atoms with Gasteiger partial charge in [0, 0.05) is 23.0 Å². The van der Waals surface area contributed by atoms with Gasteiger partial charge in [-0.1, -0.05) is 24.3 Å². The minimum Gasteiger partial charge on any atom is -0.507 e. The van der Waals surface area contributed by atoms with Gasteiger partial charge in [0.1, 0.15) is 5.75 Å². The summed E-state index contributed by atoms with van der Waals surface area (Å²) < 4.78 is 0. The van der Waals surface area contributed by atoms with Crippen molar-refractivity contribution in [2.75, 3.05) is 0 Å². The summed E-state index contributed by atoms with van der Waals surface area (Å²) in [5.41, 5.74) is 9.38. The van der Waals surface area contributed by atoms with E-state index in [1.165, 1.54) is 0 Å². The van der Waals surface area contributed by atoms with Crippen LogP contribution in [0.25, 0.3) is 22.2 Å². The molecule has 0 fully saturated rings. The molecule has 0 unspecified atom stereocenters. The smallest absolute Gasteiger partial charge is 0.124 e. The van der Waals surface area contributed by atoms with Crippen molar-refractivity contribution in [3.05, 3.63) is 54.1 Å². The number of phenolic OH excluding ortho intramolecular Hbond substituents is 1. The van der Waals surface area contributed by atoms with E-state index in [1.54, 1.807) is 6.07 Å². The van der Waals surface area contributed by atoms with Crippen LogP contribution in [0, 0.1) is 0 Å². The molecule has 0 aliphatic rings. The molecule has 0 aliphatic heterocycles. The van der Waals surface area contributed by atoms with Crippen molar-refractivity contribution in [1.82, 2.24) is 4.98 Å². The molecule has 2 aromatic carbocycles. The number of benzene rings is 2. The molecule has 0 atom stereocenters. The minimum absolute atomic E-state index is 0.263. The number of nitrogens with one attached hydrogen (secondary N) is 1. The lowest BCUT2D eigenvalue weighted by molar-refractivity contribution is 0.477. The molecule has 18 heavy (non-hydrogen) atoms. The Morgan fingerprint density at radius 3 is 2.67 bits per heavy atom. The van der Waals surface area contributed by atoms with E-state index in [0.29, 0.717) is 6.54 Å². The molecule has 0 spiro atoms. The first-order valence-corrected chi connectivity index (χ1v) is 5.88. The maximum absolute atomic E-state index is 9.95. The molecule has 0 aliphatic carbocycles. The highest BCUT2D eigenvalue weighted by atomic mass is 16.3. The van der Waals surface area contributed by atoms with Crippen LogP contribution < -0.4 is 5.73 Å². The van der Waals surface area contributed by atoms with Crippen molar-refractivity contribution in [3.63, 3.8) is 0 Å². The Balaban J connectivity index is 2.19. The monoisotopic (exact) mass is 238 g/mol. The quantitative estimate of drug-likeness (QED) is 0.642. The van der Waals surface area contributed by atoms with E-state index in [2.05, 4.69) is 4.98 Å². The molecular formula is C15H14N2O. The summed E-state index contributed by atoms with van der Waals surface area (Å²) in [7, 11) is 0. The van der Waals surface area contributed by atoms with Crippen molar-refractivity contribution in [2.24, 2.45) is 5.73 Å². The van der Waals surface area contributed by atoms with Gasteiger partial charge in [-0.3, -0.25) is 0 Å². The van der Waals surface area contributed by atoms with Crippen molar-refractivity contribution in [2.45, 2.75) is 6.54 Å². The molecule has 0 amide bonds. The predicted octanol–water partition coefficient (Wildman–Crippen LogP) is 3.00. The zero-order valence-corrected chi connectivity index (χ0v) is 9.85. The number of aromatic nitrogens is 1. The standard InChI is InChI=1S/C15H14N2O/c16-9-10-5-6-15(18)12(7-10)14-8-11-3-1-2-4-13(11)17-14/h1-8,17-18H,9,16H2. The predicted molar refractivity (Wildman–Crippen MR) is 73.3 cm³/mol. The number of phenols is 1. The van der Waals surface area contributed by atoms with E-state index in [1.807, 2.05) is 42.5 Å². The Morgan fingerprint density at radius 2 is 1.89 bits per heavy atom. The first-order valence-electron chi connectivity index (χ1n) is 5.88. The van der Waals surface area contributed by atoms with Crippen LogP contribution in [0.2, 0.25) is 0 Å². The SMILES string of the molecule is NCc1ccc(O)c(-c2cc3ccccc3[nH]2)c1. The summed E-state index contributed by atoms with van der Waals surface area (Å²) in [6.45, 7) is 0.466. The maximum atomic E-state index is 9.95. The zero-order valence-electron chi connectivity index (χ0n) is 9.85. The largest absolute Gasteiger partial charge is 0.507 e. The number of aromatic hydroxyl groups is 1. The number of para-hydroxylation sites is 1. The number of H-pyrrole nitrogens is 1. The lowest BCUT2D eigenvalue weighted by Crippen LogP contribution is -1.96. The van der Waals surface area contributed by atoms with Crippen molar-refractivity contribution >= 4 is 10.9 Å². The fraction of sp³-hybridized carbons (Fsp3) is 0.0667. The Hall–Kier alpha value is -2.26. The average Bonchev–Trinajstić information content (AvgIpc) is 2.82. The fourth-order valence-electron chi connectivity index (χ4n) is 2.14. The second kappa shape index (κ2) is 4.20. The normalized spacial score (nSPS) is 10.9. The molecule has 3 nitrogen and oxygen atoms in total. The average molecular weight is 238 g/mol. The van der Waals surface area contributed by atoms with Gasteiger partial charge in [-0.05, 0) is 29.8 Å². The van der Waals surface area contributed by atoms with Crippen LogP contribution in [0.5, 0.6) is 5.75 Å². The van der Waals surface area contributed by atoms with Crippen molar-refractivity contribution in [1.29, 1.82) is 0 Å². The van der Waals surface area contributed by atoms with Gasteiger partial charge < -0.3 is 15.8 Å². The van der Waals surface area contributed by atoms with E-state index in [9.17, 15) is 5.11 Å². The molecule has 1 heterocycles. The van der Waals surface area contributed by atoms with Gasteiger partial charge in [-0.25, -0.2) is 0 Å². The zero-order chi connectivity index (χ0) is 12.5. The van der Waals surface area contributed by atoms with E-state index in [0.717, 1.165) is 27.7 Å². The Morgan fingerprint density at radius 1 is 1.06 bits per heavy atom. The third kappa shape index (κ3) is 1.75. The van der Waals surface area contributed by atoms with Crippen LogP contribution >= 0.6 is 0 Å². The van der Waals surface area contributed by atoms with Gasteiger partial charge in [0.15, 0.2) is 0 Å². The fourth-order valence-corrected chi connectivity index (χ4v) is 2.14. The topological polar surface area (TPSA) is 62.0 Å². The molecule has 0 saturated heterocycles. The molecule has 1 aromatic heterocycles. The van der Waals surface area contributed by atoms with Crippen molar-refractivity contribution < 1.29 is 5.11 Å². The summed E-state index contributed by atoms with van der Waals surface area (Å²) in [6, 6.07) is 15.5. The number of hydrogen-bond donors (Lipinski definition) is 3. The summed E-state index contributed by atoms with van der Waals surface area (Å²) in [6.07, 6.45) is 0. The maximum Gasteiger partial charge on any atom is 0.124 e. The van der Waals surface area contributed by atoms with Gasteiger partial charge >= 0.3 is 0 Å². The van der Waals surface area contributed by atoms with E-state index < -0.39 is 0 Å². The third-order valence-corrected chi connectivity index (χ3v) is 3.12. The molecule has 3 heteroatoms. The van der Waals surface area contributed by atoms with Crippen LogP contribution in [-0.4, -0.2) is 10.1 Å². The molecule has 90 valence electrons. The number of nitrogens with two attached hydrogens (primary N) is 1. The first-order chi connectivity index (χ1) is 8.78. The Kier molecular flexibility index (Phi) is 2.54. The number of rotatable bonds is 2. The van der Waals surface area contributed by atoms with Crippen LogP contribution in [-0.2, 0) is 6.54 Å². The first kappa shape index (κ1) is 10.9. The second-order valence-electron chi connectivity index (χ2n) is 4.33. The van der Waals surface area contributed by atoms with E-state index in [4.69, 9.17) is 5.73 Å². The number of fused-ring (bicyclic) bond motifs is 1. The lowest BCUT2D eigenvalue weighted by atomic mass is 10.1. The van der Waals surface area contributed by atoms with Gasteiger partial charge in [0.25, 0.3) is 0 Å². The lowest BCUT2D eigenvalue weighted by Gasteiger charge is -2.04. The highest BCUT2D eigenvalue weighted by Gasteiger charge is 2.08. The summed E-state index contributed by atoms with van der Waals surface area (Å²) in [5, 5.41) is 11.1. The van der Waals surface area contributed by atoms with Crippen LogP contribution in [0.3, 0.4) is 0 Å². The van der Waals surface area contributed by atoms with Crippen molar-refractivity contribution in [3.8, 4) is 17.0 Å². The second-order valence-corrected chi connectivity index (χ2v) is 4.33. The summed E-state index contributed by atoms with van der Waals surface area (Å²) in [5.74, 6) is 0.263. The van der Waals surface area contributed by atoms with Gasteiger partial charge in [0.2, 0.25) is 0 Å². The van der Waals surface area contributed by atoms with Gasteiger partial charge in [-0.15, -0.1) is 0 Å². The molecule has 0 bridgehead atoms. The molecule has 0 radical (unpaired) electrons. The van der Waals surface area contributed by atoms with Crippen LogP contribution in [0.1, 0.15) is 5.56 Å². The minimum atomic E-state index is 0.263. The molecule has 3 aromatic rings. The molecule has 3 rings (SSSR count). The third-order valence-electron chi connectivity index (χ3n) is 3.12.